The molecule has 3 rings (SSSR count). The number of piperidine rings is 2. The molecule has 3 fully saturated rings. The van der Waals surface area contributed by atoms with E-state index in [0.717, 1.165) is 19.6 Å². The summed E-state index contributed by atoms with van der Waals surface area (Å²) in [5, 5.41) is 12.3. The summed E-state index contributed by atoms with van der Waals surface area (Å²) in [7, 11) is 0. The average molecular weight is 156 g/mol. The fourth-order valence-corrected chi connectivity index (χ4v) is 2.20. The van der Waals surface area contributed by atoms with Crippen LogP contribution in [-0.2, 0) is 0 Å². The van der Waals surface area contributed by atoms with Gasteiger partial charge in [0.15, 0.2) is 0 Å². The molecule has 2 unspecified atom stereocenters. The van der Waals surface area contributed by atoms with E-state index in [9.17, 15) is 0 Å². The Labute approximate surface area is 67.4 Å². The van der Waals surface area contributed by atoms with E-state index in [1.54, 1.807) is 0 Å². The molecule has 2 bridgehead atoms. The quantitative estimate of drug-likeness (QED) is 0.561. The van der Waals surface area contributed by atoms with Crippen molar-refractivity contribution in [2.24, 2.45) is 0 Å². The molecule has 0 aliphatic carbocycles. The molecule has 11 heavy (non-hydrogen) atoms. The fraction of sp³-hybridized carbons (Fsp3) is 1.00. The third-order valence-corrected chi connectivity index (χ3v) is 2.85. The molecule has 0 spiro atoms. The summed E-state index contributed by atoms with van der Waals surface area (Å²) in [6.07, 6.45) is 2.64. The van der Waals surface area contributed by atoms with Crippen molar-refractivity contribution in [2.75, 3.05) is 26.2 Å². The SMILES string of the molecule is OCCN1CC2CCC1CN2. The van der Waals surface area contributed by atoms with Gasteiger partial charge in [-0.25, -0.2) is 0 Å². The van der Waals surface area contributed by atoms with Crippen LogP contribution in [0.15, 0.2) is 0 Å². The predicted octanol–water partition coefficient (Wildman–Crippen LogP) is -0.585. The number of hydrogen-bond acceptors (Lipinski definition) is 3. The van der Waals surface area contributed by atoms with Crippen molar-refractivity contribution in [1.82, 2.24) is 10.2 Å². The number of fused-ring (bicyclic) bond motifs is 3. The van der Waals surface area contributed by atoms with Crippen LogP contribution < -0.4 is 5.32 Å². The Morgan fingerprint density at radius 3 is 2.82 bits per heavy atom. The lowest BCUT2D eigenvalue weighted by molar-refractivity contribution is 0.0591. The molecule has 0 aromatic rings. The minimum Gasteiger partial charge on any atom is -0.395 e. The Kier molecular flexibility index (Phi) is 2.11. The molecule has 0 amide bonds. The van der Waals surface area contributed by atoms with E-state index < -0.39 is 0 Å². The van der Waals surface area contributed by atoms with Crippen molar-refractivity contribution < 1.29 is 5.11 Å². The highest BCUT2D eigenvalue weighted by atomic mass is 16.3. The van der Waals surface area contributed by atoms with Gasteiger partial charge in [0.1, 0.15) is 0 Å². The van der Waals surface area contributed by atoms with Crippen molar-refractivity contribution >= 4 is 0 Å². The van der Waals surface area contributed by atoms with Gasteiger partial charge in [0.2, 0.25) is 0 Å². The maximum atomic E-state index is 8.78. The summed E-state index contributed by atoms with van der Waals surface area (Å²) in [6.45, 7) is 3.45. The zero-order valence-corrected chi connectivity index (χ0v) is 6.79. The maximum Gasteiger partial charge on any atom is 0.0558 e. The monoisotopic (exact) mass is 156 g/mol. The number of aliphatic hydroxyl groups excluding tert-OH is 1. The third-order valence-electron chi connectivity index (χ3n) is 2.85. The van der Waals surface area contributed by atoms with Crippen LogP contribution >= 0.6 is 0 Å². The molecule has 3 nitrogen and oxygen atoms in total. The molecule has 64 valence electrons. The highest BCUT2D eigenvalue weighted by Gasteiger charge is 2.32. The smallest absolute Gasteiger partial charge is 0.0558 e. The summed E-state index contributed by atoms with van der Waals surface area (Å²) in [5.41, 5.74) is 0. The van der Waals surface area contributed by atoms with Gasteiger partial charge < -0.3 is 10.4 Å². The predicted molar refractivity (Wildman–Crippen MR) is 43.5 cm³/mol. The first-order valence-electron chi connectivity index (χ1n) is 4.48. The van der Waals surface area contributed by atoms with E-state index in [2.05, 4.69) is 10.2 Å². The van der Waals surface area contributed by atoms with E-state index in [0.29, 0.717) is 18.7 Å². The van der Waals surface area contributed by atoms with Crippen LogP contribution in [0.5, 0.6) is 0 Å². The molecule has 3 heteroatoms. The molecule has 3 heterocycles. The lowest BCUT2D eigenvalue weighted by atomic mass is 9.93. The summed E-state index contributed by atoms with van der Waals surface area (Å²) < 4.78 is 0. The van der Waals surface area contributed by atoms with E-state index >= 15 is 0 Å². The first-order valence-corrected chi connectivity index (χ1v) is 4.48. The number of aliphatic hydroxyl groups is 1. The van der Waals surface area contributed by atoms with Gasteiger partial charge in [-0.05, 0) is 12.8 Å². The molecule has 0 saturated carbocycles. The molecule has 3 saturated heterocycles. The molecule has 3 aliphatic heterocycles. The van der Waals surface area contributed by atoms with Gasteiger partial charge in [-0.2, -0.15) is 0 Å². The summed E-state index contributed by atoms with van der Waals surface area (Å²) in [6, 6.07) is 1.40. The van der Waals surface area contributed by atoms with E-state index in [-0.39, 0.29) is 0 Å². The zero-order valence-electron chi connectivity index (χ0n) is 6.79. The largest absolute Gasteiger partial charge is 0.395 e. The normalized spacial score (nSPS) is 37.9. The average Bonchev–Trinajstić information content (AvgIpc) is 2.07. The fourth-order valence-electron chi connectivity index (χ4n) is 2.20. The molecule has 2 N–H and O–H groups in total. The van der Waals surface area contributed by atoms with Crippen molar-refractivity contribution in [1.29, 1.82) is 0 Å². The minimum absolute atomic E-state index is 0.309. The Balaban J connectivity index is 1.92. The van der Waals surface area contributed by atoms with Gasteiger partial charge in [-0.15, -0.1) is 0 Å². The molecule has 0 aromatic heterocycles. The van der Waals surface area contributed by atoms with Crippen LogP contribution in [0.3, 0.4) is 0 Å². The molecular formula is C8H16N2O. The second-order valence-electron chi connectivity index (χ2n) is 3.55. The topological polar surface area (TPSA) is 35.5 Å². The number of nitrogens with zero attached hydrogens (tertiary/aromatic N) is 1. The van der Waals surface area contributed by atoms with Crippen LogP contribution in [0.25, 0.3) is 0 Å². The van der Waals surface area contributed by atoms with Crippen molar-refractivity contribution in [3.63, 3.8) is 0 Å². The lowest BCUT2D eigenvalue weighted by Crippen LogP contribution is -2.61. The van der Waals surface area contributed by atoms with Gasteiger partial charge in [0.05, 0.1) is 6.61 Å². The van der Waals surface area contributed by atoms with Crippen LogP contribution in [0.4, 0.5) is 0 Å². The molecule has 3 aliphatic rings. The van der Waals surface area contributed by atoms with Gasteiger partial charge in [0.25, 0.3) is 0 Å². The second-order valence-corrected chi connectivity index (χ2v) is 3.55. The van der Waals surface area contributed by atoms with Crippen molar-refractivity contribution in [3.05, 3.63) is 0 Å². The Morgan fingerprint density at radius 1 is 1.45 bits per heavy atom. The van der Waals surface area contributed by atoms with Crippen molar-refractivity contribution in [3.8, 4) is 0 Å². The maximum absolute atomic E-state index is 8.78. The lowest BCUT2D eigenvalue weighted by Gasteiger charge is -2.45. The Hall–Kier alpha value is -0.120. The first kappa shape index (κ1) is 7.53. The van der Waals surface area contributed by atoms with Crippen LogP contribution in [0, 0.1) is 0 Å². The number of hydrogen-bond donors (Lipinski definition) is 2. The minimum atomic E-state index is 0.309. The number of rotatable bonds is 2. The molecule has 0 radical (unpaired) electrons. The van der Waals surface area contributed by atoms with Crippen LogP contribution in [0.2, 0.25) is 0 Å². The summed E-state index contributed by atoms with van der Waals surface area (Å²) in [4.78, 5) is 2.41. The van der Waals surface area contributed by atoms with Crippen molar-refractivity contribution in [2.45, 2.75) is 24.9 Å². The Bertz CT molecular complexity index is 132. The number of nitrogens with one attached hydrogen (secondary N) is 1. The first-order chi connectivity index (χ1) is 5.40. The van der Waals surface area contributed by atoms with E-state index in [1.165, 1.54) is 12.8 Å². The molecule has 2 atom stereocenters. The second kappa shape index (κ2) is 3.09. The summed E-state index contributed by atoms with van der Waals surface area (Å²) in [5.74, 6) is 0. The zero-order chi connectivity index (χ0) is 7.68. The van der Waals surface area contributed by atoms with Gasteiger partial charge in [-0.1, -0.05) is 0 Å². The highest BCUT2D eigenvalue weighted by molar-refractivity contribution is 4.92. The van der Waals surface area contributed by atoms with Gasteiger partial charge >= 0.3 is 0 Å². The standard InChI is InChI=1S/C8H16N2O/c11-4-3-10-6-7-1-2-8(10)5-9-7/h7-9,11H,1-6H2. The van der Waals surface area contributed by atoms with E-state index in [4.69, 9.17) is 5.11 Å². The van der Waals surface area contributed by atoms with Crippen LogP contribution in [-0.4, -0.2) is 48.3 Å². The number of piperazine rings is 1. The molecule has 0 aromatic carbocycles. The Morgan fingerprint density at radius 2 is 2.36 bits per heavy atom. The van der Waals surface area contributed by atoms with Gasteiger partial charge in [0, 0.05) is 31.7 Å². The third kappa shape index (κ3) is 1.41. The summed E-state index contributed by atoms with van der Waals surface area (Å²) >= 11 is 0. The van der Waals surface area contributed by atoms with Gasteiger partial charge in [-0.3, -0.25) is 4.90 Å². The molecular weight excluding hydrogens is 140 g/mol. The highest BCUT2D eigenvalue weighted by Crippen LogP contribution is 2.21. The van der Waals surface area contributed by atoms with Crippen LogP contribution in [0.1, 0.15) is 12.8 Å². The van der Waals surface area contributed by atoms with E-state index in [1.807, 2.05) is 0 Å².